The zero-order valence-corrected chi connectivity index (χ0v) is 9.29. The van der Waals surface area contributed by atoms with Crippen molar-refractivity contribution in [1.29, 1.82) is 0 Å². The van der Waals surface area contributed by atoms with Crippen LogP contribution in [-0.4, -0.2) is 25.7 Å². The molecule has 0 fully saturated rings. The summed E-state index contributed by atoms with van der Waals surface area (Å²) in [6.07, 6.45) is -0.0984. The van der Waals surface area contributed by atoms with Gasteiger partial charge in [-0.3, -0.25) is 4.79 Å². The highest BCUT2D eigenvalue weighted by atomic mass is 19.1. The van der Waals surface area contributed by atoms with Gasteiger partial charge in [0.15, 0.2) is 0 Å². The topological polar surface area (TPSA) is 64.3 Å². The first-order valence-corrected chi connectivity index (χ1v) is 4.91. The molecule has 1 rings (SSSR count). The van der Waals surface area contributed by atoms with E-state index >= 15 is 0 Å². The summed E-state index contributed by atoms with van der Waals surface area (Å²) in [7, 11) is 1.55. The van der Waals surface area contributed by atoms with E-state index in [4.69, 9.17) is 10.5 Å². The summed E-state index contributed by atoms with van der Waals surface area (Å²) in [6.45, 7) is 2.17. The minimum Gasteiger partial charge on any atom is -0.396 e. The molecule has 1 atom stereocenters. The van der Waals surface area contributed by atoms with Crippen molar-refractivity contribution in [3.8, 4) is 0 Å². The van der Waals surface area contributed by atoms with Crippen molar-refractivity contribution in [2.75, 3.05) is 19.4 Å². The molecule has 0 saturated carbocycles. The fraction of sp³-hybridized carbons (Fsp3) is 0.364. The van der Waals surface area contributed by atoms with Gasteiger partial charge >= 0.3 is 0 Å². The molecule has 0 saturated heterocycles. The van der Waals surface area contributed by atoms with Gasteiger partial charge in [-0.1, -0.05) is 6.07 Å². The third-order valence-electron chi connectivity index (χ3n) is 2.25. The Kier molecular flexibility index (Phi) is 4.25. The number of rotatable bonds is 4. The molecule has 5 heteroatoms. The predicted octanol–water partition coefficient (Wildman–Crippen LogP) is 1.17. The molecule has 0 aliphatic rings. The summed E-state index contributed by atoms with van der Waals surface area (Å²) in [4.78, 5) is 11.6. The van der Waals surface area contributed by atoms with E-state index in [0.29, 0.717) is 6.54 Å². The monoisotopic (exact) mass is 226 g/mol. The highest BCUT2D eigenvalue weighted by Gasteiger charge is 2.12. The van der Waals surface area contributed by atoms with Gasteiger partial charge in [-0.2, -0.15) is 0 Å². The highest BCUT2D eigenvalue weighted by Crippen LogP contribution is 2.15. The number of amides is 1. The Labute approximate surface area is 93.6 Å². The zero-order valence-electron chi connectivity index (χ0n) is 9.29. The van der Waals surface area contributed by atoms with Crippen molar-refractivity contribution < 1.29 is 13.9 Å². The van der Waals surface area contributed by atoms with E-state index in [1.54, 1.807) is 7.11 Å². The molecule has 0 aromatic heterocycles. The van der Waals surface area contributed by atoms with Gasteiger partial charge in [-0.05, 0) is 19.1 Å². The third-order valence-corrected chi connectivity index (χ3v) is 2.25. The maximum absolute atomic E-state index is 13.1. The number of hydrogen-bond donors (Lipinski definition) is 2. The molecule has 0 spiro atoms. The number of nitrogens with one attached hydrogen (secondary N) is 1. The molecule has 4 nitrogen and oxygen atoms in total. The Bertz CT molecular complexity index is 382. The summed E-state index contributed by atoms with van der Waals surface area (Å²) in [5.41, 5.74) is 5.46. The maximum atomic E-state index is 13.1. The molecule has 0 radical (unpaired) electrons. The maximum Gasteiger partial charge on any atom is 0.253 e. The normalized spacial score (nSPS) is 12.2. The molecule has 0 aliphatic carbocycles. The Balaban J connectivity index is 2.70. The van der Waals surface area contributed by atoms with Gasteiger partial charge in [-0.15, -0.1) is 0 Å². The van der Waals surface area contributed by atoms with Crippen LogP contribution in [0.5, 0.6) is 0 Å². The lowest BCUT2D eigenvalue weighted by Crippen LogP contribution is -2.32. The largest absolute Gasteiger partial charge is 0.396 e. The summed E-state index contributed by atoms with van der Waals surface area (Å²) >= 11 is 0. The Hall–Kier alpha value is -1.62. The summed E-state index contributed by atoms with van der Waals surface area (Å²) in [6, 6.07) is 4.13. The summed E-state index contributed by atoms with van der Waals surface area (Å²) < 4.78 is 18.0. The van der Waals surface area contributed by atoms with Crippen molar-refractivity contribution in [2.45, 2.75) is 13.0 Å². The van der Waals surface area contributed by atoms with Crippen molar-refractivity contribution >= 4 is 11.6 Å². The van der Waals surface area contributed by atoms with E-state index < -0.39 is 11.7 Å². The van der Waals surface area contributed by atoms with E-state index in [1.807, 2.05) is 6.92 Å². The van der Waals surface area contributed by atoms with Crippen LogP contribution in [0.15, 0.2) is 18.2 Å². The quantitative estimate of drug-likeness (QED) is 0.757. The van der Waals surface area contributed by atoms with Crippen LogP contribution >= 0.6 is 0 Å². The molecule has 0 aliphatic heterocycles. The highest BCUT2D eigenvalue weighted by molar-refractivity contribution is 5.99. The van der Waals surface area contributed by atoms with Gasteiger partial charge < -0.3 is 15.8 Å². The second-order valence-corrected chi connectivity index (χ2v) is 3.46. The van der Waals surface area contributed by atoms with Crippen LogP contribution in [-0.2, 0) is 4.74 Å². The molecule has 16 heavy (non-hydrogen) atoms. The molecular weight excluding hydrogens is 211 g/mol. The second-order valence-electron chi connectivity index (χ2n) is 3.46. The first-order chi connectivity index (χ1) is 7.56. The fourth-order valence-corrected chi connectivity index (χ4v) is 1.15. The van der Waals surface area contributed by atoms with E-state index in [0.717, 1.165) is 0 Å². The molecular formula is C11H15FN2O2. The Morgan fingerprint density at radius 1 is 1.62 bits per heavy atom. The smallest absolute Gasteiger partial charge is 0.253 e. The van der Waals surface area contributed by atoms with E-state index in [2.05, 4.69) is 5.32 Å². The number of carbonyl (C=O) groups excluding carboxylic acids is 1. The molecule has 0 heterocycles. The number of halogens is 1. The number of para-hydroxylation sites is 1. The molecule has 1 unspecified atom stereocenters. The number of nitrogen functional groups attached to an aromatic ring is 1. The van der Waals surface area contributed by atoms with E-state index in [-0.39, 0.29) is 17.4 Å². The molecule has 1 aromatic rings. The SMILES string of the molecule is COC(C)CNC(=O)c1cccc(F)c1N. The standard InChI is InChI=1S/C11H15FN2O2/c1-7(16-2)6-14-11(15)8-4-3-5-9(12)10(8)13/h3-5,7H,6,13H2,1-2H3,(H,14,15). The van der Waals surface area contributed by atoms with Gasteiger partial charge in [0.25, 0.3) is 5.91 Å². The van der Waals surface area contributed by atoms with Gasteiger partial charge in [0.1, 0.15) is 5.82 Å². The molecule has 1 amide bonds. The number of nitrogens with two attached hydrogens (primary N) is 1. The third kappa shape index (κ3) is 2.93. The molecule has 0 bridgehead atoms. The van der Waals surface area contributed by atoms with Crippen LogP contribution in [0.25, 0.3) is 0 Å². The van der Waals surface area contributed by atoms with Gasteiger partial charge in [-0.25, -0.2) is 4.39 Å². The van der Waals surface area contributed by atoms with Gasteiger partial charge in [0, 0.05) is 13.7 Å². The lowest BCUT2D eigenvalue weighted by molar-refractivity contribution is 0.0871. The van der Waals surface area contributed by atoms with Gasteiger partial charge in [0.2, 0.25) is 0 Å². The van der Waals surface area contributed by atoms with Crippen LogP contribution in [0, 0.1) is 5.82 Å². The van der Waals surface area contributed by atoms with Crippen LogP contribution in [0.3, 0.4) is 0 Å². The van der Waals surface area contributed by atoms with Crippen molar-refractivity contribution in [3.05, 3.63) is 29.6 Å². The number of ether oxygens (including phenoxy) is 1. The van der Waals surface area contributed by atoms with Crippen LogP contribution in [0.2, 0.25) is 0 Å². The van der Waals surface area contributed by atoms with Crippen molar-refractivity contribution in [2.24, 2.45) is 0 Å². The lowest BCUT2D eigenvalue weighted by Gasteiger charge is -2.11. The molecule has 3 N–H and O–H groups in total. The number of methoxy groups -OCH3 is 1. The van der Waals surface area contributed by atoms with Crippen LogP contribution in [0.1, 0.15) is 17.3 Å². The second kappa shape index (κ2) is 5.46. The number of carbonyl (C=O) groups is 1. The average molecular weight is 226 g/mol. The van der Waals surface area contributed by atoms with Crippen LogP contribution in [0.4, 0.5) is 10.1 Å². The van der Waals surface area contributed by atoms with Crippen molar-refractivity contribution in [3.63, 3.8) is 0 Å². The molecule has 88 valence electrons. The van der Waals surface area contributed by atoms with Gasteiger partial charge in [0.05, 0.1) is 17.4 Å². The van der Waals surface area contributed by atoms with E-state index in [1.165, 1.54) is 18.2 Å². The lowest BCUT2D eigenvalue weighted by atomic mass is 10.1. The predicted molar refractivity (Wildman–Crippen MR) is 59.6 cm³/mol. The fourth-order valence-electron chi connectivity index (χ4n) is 1.15. The summed E-state index contributed by atoms with van der Waals surface area (Å²) in [5, 5.41) is 2.61. The van der Waals surface area contributed by atoms with E-state index in [9.17, 15) is 9.18 Å². The minimum absolute atomic E-state index is 0.0984. The Morgan fingerprint density at radius 3 is 2.94 bits per heavy atom. The number of benzene rings is 1. The van der Waals surface area contributed by atoms with Crippen molar-refractivity contribution in [1.82, 2.24) is 5.32 Å². The molecule has 1 aromatic carbocycles. The summed E-state index contributed by atoms with van der Waals surface area (Å²) in [5.74, 6) is -0.992. The zero-order chi connectivity index (χ0) is 12.1. The number of anilines is 1. The Morgan fingerprint density at radius 2 is 2.31 bits per heavy atom. The number of hydrogen-bond acceptors (Lipinski definition) is 3. The average Bonchev–Trinajstić information content (AvgIpc) is 2.29. The first-order valence-electron chi connectivity index (χ1n) is 4.91. The first kappa shape index (κ1) is 12.4. The van der Waals surface area contributed by atoms with Crippen LogP contribution < -0.4 is 11.1 Å². The minimum atomic E-state index is -0.590.